The summed E-state index contributed by atoms with van der Waals surface area (Å²) in [7, 11) is 0. The molecule has 0 aromatic heterocycles. The minimum Gasteiger partial charge on any atom is -0.462 e. The Morgan fingerprint density at radius 1 is 1.22 bits per heavy atom. The normalized spacial score (nSPS) is 14.5. The highest BCUT2D eigenvalue weighted by Gasteiger charge is 2.31. The van der Waals surface area contributed by atoms with Gasteiger partial charge in [0.05, 0.1) is 22.0 Å². The van der Waals surface area contributed by atoms with Gasteiger partial charge in [0.25, 0.3) is 11.4 Å². The maximum absolute atomic E-state index is 11.8. The van der Waals surface area contributed by atoms with Gasteiger partial charge in [0.1, 0.15) is 0 Å². The number of rotatable bonds is 6. The Bertz CT molecular complexity index is 604. The van der Waals surface area contributed by atoms with Crippen molar-refractivity contribution in [2.24, 2.45) is 0 Å². The number of hydrogen-bond acceptors (Lipinski definition) is 7. The number of ether oxygens (including phenoxy) is 1. The Hall–Kier alpha value is -2.71. The third-order valence-electron chi connectivity index (χ3n) is 3.70. The summed E-state index contributed by atoms with van der Waals surface area (Å²) in [4.78, 5) is 32.9. The highest BCUT2D eigenvalue weighted by molar-refractivity contribution is 5.93. The molecular weight excluding hydrogens is 306 g/mol. The first-order valence-corrected chi connectivity index (χ1v) is 7.34. The van der Waals surface area contributed by atoms with Crippen molar-refractivity contribution < 1.29 is 19.4 Å². The lowest BCUT2D eigenvalue weighted by Crippen LogP contribution is -2.17. The van der Waals surface area contributed by atoms with Crippen molar-refractivity contribution in [3.05, 3.63) is 37.9 Å². The number of nitrogens with zero attached hydrogens (tertiary/aromatic N) is 2. The monoisotopic (exact) mass is 323 g/mol. The number of nitrogens with one attached hydrogen (secondary N) is 1. The maximum Gasteiger partial charge on any atom is 0.338 e. The molecule has 1 aromatic carbocycles. The van der Waals surface area contributed by atoms with Crippen LogP contribution >= 0.6 is 0 Å². The van der Waals surface area contributed by atoms with Crippen molar-refractivity contribution >= 4 is 23.0 Å². The van der Waals surface area contributed by atoms with Crippen LogP contribution < -0.4 is 5.32 Å². The van der Waals surface area contributed by atoms with Crippen LogP contribution in [0.3, 0.4) is 0 Å². The molecule has 0 radical (unpaired) electrons. The second-order valence-electron chi connectivity index (χ2n) is 5.25. The Kier molecular flexibility index (Phi) is 5.09. The predicted octanol–water partition coefficient (Wildman–Crippen LogP) is 3.03. The molecule has 0 saturated heterocycles. The zero-order valence-corrected chi connectivity index (χ0v) is 12.6. The summed E-state index contributed by atoms with van der Waals surface area (Å²) in [6.07, 6.45) is 3.54. The lowest BCUT2D eigenvalue weighted by Gasteiger charge is -2.14. The van der Waals surface area contributed by atoms with E-state index >= 15 is 0 Å². The summed E-state index contributed by atoms with van der Waals surface area (Å²) < 4.78 is 4.77. The van der Waals surface area contributed by atoms with Crippen LogP contribution in [0.4, 0.5) is 17.1 Å². The van der Waals surface area contributed by atoms with E-state index in [2.05, 4.69) is 5.32 Å². The molecule has 1 fully saturated rings. The summed E-state index contributed by atoms with van der Waals surface area (Å²) >= 11 is 0. The van der Waals surface area contributed by atoms with Crippen molar-refractivity contribution in [1.82, 2.24) is 0 Å². The first-order valence-electron chi connectivity index (χ1n) is 7.34. The number of nitro groups is 2. The molecule has 1 saturated carbocycles. The molecule has 0 atom stereocenters. The van der Waals surface area contributed by atoms with Gasteiger partial charge in [-0.25, -0.2) is 4.79 Å². The van der Waals surface area contributed by atoms with E-state index in [4.69, 9.17) is 4.74 Å². The summed E-state index contributed by atoms with van der Waals surface area (Å²) in [5.41, 5.74) is -1.34. The standard InChI is InChI=1S/C14H17N3O6/c1-2-23-14(18)9-7-11(16(19)20)13(12(8-9)17(21)22)15-10-5-3-4-6-10/h7-8,10,15H,2-6H2,1H3. The second kappa shape index (κ2) is 7.03. The van der Waals surface area contributed by atoms with E-state index in [0.717, 1.165) is 37.8 Å². The third kappa shape index (κ3) is 3.74. The average molecular weight is 323 g/mol. The van der Waals surface area contributed by atoms with Crippen LogP contribution in [0.1, 0.15) is 43.0 Å². The molecule has 0 aliphatic heterocycles. The van der Waals surface area contributed by atoms with Crippen molar-refractivity contribution in [2.45, 2.75) is 38.6 Å². The highest BCUT2D eigenvalue weighted by atomic mass is 16.6. The van der Waals surface area contributed by atoms with Gasteiger partial charge in [-0.15, -0.1) is 0 Å². The fraction of sp³-hybridized carbons (Fsp3) is 0.500. The van der Waals surface area contributed by atoms with Gasteiger partial charge in [-0.3, -0.25) is 20.2 Å². The summed E-state index contributed by atoms with van der Waals surface area (Å²) in [6, 6.07) is 1.99. The molecule has 1 aromatic rings. The van der Waals surface area contributed by atoms with Gasteiger partial charge in [0, 0.05) is 18.2 Å². The van der Waals surface area contributed by atoms with Crippen molar-refractivity contribution in [1.29, 1.82) is 0 Å². The molecule has 23 heavy (non-hydrogen) atoms. The zero-order valence-electron chi connectivity index (χ0n) is 12.6. The van der Waals surface area contributed by atoms with Crippen molar-refractivity contribution in [2.75, 3.05) is 11.9 Å². The Balaban J connectivity index is 2.50. The third-order valence-corrected chi connectivity index (χ3v) is 3.70. The van der Waals surface area contributed by atoms with Gasteiger partial charge in [-0.1, -0.05) is 12.8 Å². The number of anilines is 1. The molecular formula is C14H17N3O6. The van der Waals surface area contributed by atoms with Crippen LogP contribution in [0.15, 0.2) is 12.1 Å². The van der Waals surface area contributed by atoms with Crippen LogP contribution in [-0.2, 0) is 4.74 Å². The SMILES string of the molecule is CCOC(=O)c1cc([N+](=O)[O-])c(NC2CCCC2)c([N+](=O)[O-])c1. The molecule has 124 valence electrons. The van der Waals surface area contributed by atoms with Gasteiger partial charge >= 0.3 is 5.97 Å². The van der Waals surface area contributed by atoms with Gasteiger partial charge in [-0.05, 0) is 19.8 Å². The van der Waals surface area contributed by atoms with E-state index in [-0.39, 0.29) is 23.9 Å². The molecule has 1 aliphatic carbocycles. The second-order valence-corrected chi connectivity index (χ2v) is 5.25. The molecule has 0 spiro atoms. The van der Waals surface area contributed by atoms with E-state index in [1.165, 1.54) is 0 Å². The molecule has 0 unspecified atom stereocenters. The van der Waals surface area contributed by atoms with Crippen molar-refractivity contribution in [3.63, 3.8) is 0 Å². The first-order chi connectivity index (χ1) is 10.9. The first kappa shape index (κ1) is 16.7. The summed E-state index contributed by atoms with van der Waals surface area (Å²) in [5, 5.41) is 25.5. The topological polar surface area (TPSA) is 125 Å². The number of benzene rings is 1. The molecule has 1 aliphatic rings. The smallest absolute Gasteiger partial charge is 0.338 e. The summed E-state index contributed by atoms with van der Waals surface area (Å²) in [6.45, 7) is 1.65. The number of hydrogen-bond donors (Lipinski definition) is 1. The van der Waals surface area contributed by atoms with Gasteiger partial charge in [0.2, 0.25) is 0 Å². The van der Waals surface area contributed by atoms with Gasteiger partial charge < -0.3 is 10.1 Å². The number of esters is 1. The van der Waals surface area contributed by atoms with E-state index < -0.39 is 27.2 Å². The Morgan fingerprint density at radius 3 is 2.17 bits per heavy atom. The lowest BCUT2D eigenvalue weighted by atomic mass is 10.1. The van der Waals surface area contributed by atoms with Crippen LogP contribution in [0.25, 0.3) is 0 Å². The molecule has 0 bridgehead atoms. The van der Waals surface area contributed by atoms with E-state index in [0.29, 0.717) is 0 Å². The molecule has 0 amide bonds. The molecule has 1 N–H and O–H groups in total. The van der Waals surface area contributed by atoms with E-state index in [9.17, 15) is 25.0 Å². The zero-order chi connectivity index (χ0) is 17.0. The summed E-state index contributed by atoms with van der Waals surface area (Å²) in [5.74, 6) is -0.828. The molecule has 9 nitrogen and oxygen atoms in total. The maximum atomic E-state index is 11.8. The van der Waals surface area contributed by atoms with E-state index in [1.54, 1.807) is 6.92 Å². The Labute approximate surface area is 131 Å². The Morgan fingerprint density at radius 2 is 1.74 bits per heavy atom. The highest BCUT2D eigenvalue weighted by Crippen LogP contribution is 2.38. The fourth-order valence-electron chi connectivity index (χ4n) is 2.65. The average Bonchev–Trinajstić information content (AvgIpc) is 3.00. The number of carbonyl (C=O) groups excluding carboxylic acids is 1. The predicted molar refractivity (Wildman–Crippen MR) is 81.6 cm³/mol. The minimum absolute atomic E-state index is 0.0409. The van der Waals surface area contributed by atoms with Crippen LogP contribution in [-0.4, -0.2) is 28.5 Å². The molecule has 9 heteroatoms. The minimum atomic E-state index is -0.828. The van der Waals surface area contributed by atoms with Crippen LogP contribution in [0.2, 0.25) is 0 Å². The molecule has 2 rings (SSSR count). The van der Waals surface area contributed by atoms with Crippen LogP contribution in [0.5, 0.6) is 0 Å². The quantitative estimate of drug-likeness (QED) is 0.484. The fourth-order valence-corrected chi connectivity index (χ4v) is 2.65. The van der Waals surface area contributed by atoms with Gasteiger partial charge in [-0.2, -0.15) is 0 Å². The molecule has 0 heterocycles. The largest absolute Gasteiger partial charge is 0.462 e. The van der Waals surface area contributed by atoms with Gasteiger partial charge in [0.15, 0.2) is 5.69 Å². The lowest BCUT2D eigenvalue weighted by molar-refractivity contribution is -0.392. The number of nitro benzene ring substituents is 2. The van der Waals surface area contributed by atoms with Crippen molar-refractivity contribution in [3.8, 4) is 0 Å². The van der Waals surface area contributed by atoms with Crippen LogP contribution in [0, 0.1) is 20.2 Å². The van der Waals surface area contributed by atoms with E-state index in [1.807, 2.05) is 0 Å². The number of carbonyl (C=O) groups is 1.